The fourth-order valence-electron chi connectivity index (χ4n) is 9.94. The van der Waals surface area contributed by atoms with Crippen LogP contribution >= 0.6 is 0 Å². The van der Waals surface area contributed by atoms with Gasteiger partial charge in [0.15, 0.2) is 5.96 Å². The van der Waals surface area contributed by atoms with Gasteiger partial charge >= 0.3 is 5.97 Å². The molecule has 1 aliphatic rings. The Bertz CT molecular complexity index is 2860. The second-order valence-electron chi connectivity index (χ2n) is 22.6. The largest absolute Gasteiger partial charge is 0.508 e. The number of likely N-dealkylation sites (tertiary alicyclic amines) is 1. The van der Waals surface area contributed by atoms with Crippen molar-refractivity contribution in [2.24, 2.45) is 39.6 Å². The molecule has 0 saturated carbocycles. The summed E-state index contributed by atoms with van der Waals surface area (Å²) in [6.07, 6.45) is 2.54. The highest BCUT2D eigenvalue weighted by Crippen LogP contribution is 2.21. The minimum atomic E-state index is -1.78. The summed E-state index contributed by atoms with van der Waals surface area (Å²) in [4.78, 5) is 144. The number of carbonyl (C=O) groups is 10. The number of hydrogen-bond acceptors (Lipinski definition) is 17. The zero-order valence-electron chi connectivity index (χ0n) is 51.1. The van der Waals surface area contributed by atoms with Crippen molar-refractivity contribution in [2.45, 2.75) is 158 Å². The van der Waals surface area contributed by atoms with E-state index >= 15 is 0 Å². The highest BCUT2D eigenvalue weighted by atomic mass is 16.4. The molecule has 0 spiro atoms. The molecule has 3 aromatic rings. The zero-order valence-corrected chi connectivity index (χ0v) is 51.1. The fraction of sp³-hybridized carbons (Fsp3) is 0.525. The number of aliphatic hydroxyl groups is 1. The number of nitrogens with two attached hydrogens (primary N) is 5. The van der Waals surface area contributed by atoms with Gasteiger partial charge in [-0.2, -0.15) is 0 Å². The van der Waals surface area contributed by atoms with E-state index in [0.29, 0.717) is 61.8 Å². The maximum absolute atomic E-state index is 14.7. The van der Waals surface area contributed by atoms with Gasteiger partial charge in [0.05, 0.1) is 19.2 Å². The number of aromatic hydroxyl groups is 2. The number of benzene rings is 3. The van der Waals surface area contributed by atoms with E-state index in [1.165, 1.54) is 53.4 Å². The Hall–Kier alpha value is -8.93. The van der Waals surface area contributed by atoms with Crippen LogP contribution in [0, 0.1) is 5.92 Å². The van der Waals surface area contributed by atoms with Crippen molar-refractivity contribution < 1.29 is 68.4 Å². The Morgan fingerprint density at radius 2 is 1.00 bits per heavy atom. The molecule has 29 heteroatoms. The first kappa shape index (κ1) is 73.5. The molecule has 9 amide bonds. The molecule has 494 valence electrons. The van der Waals surface area contributed by atoms with Crippen LogP contribution in [-0.4, -0.2) is 184 Å². The summed E-state index contributed by atoms with van der Waals surface area (Å²) in [7, 11) is 0. The van der Waals surface area contributed by atoms with Crippen molar-refractivity contribution in [1.82, 2.24) is 47.4 Å². The fourth-order valence-corrected chi connectivity index (χ4v) is 9.94. The minimum Gasteiger partial charge on any atom is -0.508 e. The van der Waals surface area contributed by atoms with Gasteiger partial charge < -0.3 is 96.5 Å². The van der Waals surface area contributed by atoms with Crippen LogP contribution in [0.1, 0.15) is 101 Å². The van der Waals surface area contributed by atoms with E-state index < -0.39 is 127 Å². The van der Waals surface area contributed by atoms with E-state index in [9.17, 15) is 68.4 Å². The lowest BCUT2D eigenvalue weighted by atomic mass is 10.0. The lowest BCUT2D eigenvalue weighted by Gasteiger charge is -2.30. The summed E-state index contributed by atoms with van der Waals surface area (Å²) in [5.41, 5.74) is 29.8. The summed E-state index contributed by atoms with van der Waals surface area (Å²) in [6, 6.07) is 7.72. The molecule has 1 aliphatic heterocycles. The first-order valence-electron chi connectivity index (χ1n) is 30.3. The molecule has 0 radical (unpaired) electrons. The van der Waals surface area contributed by atoms with Gasteiger partial charge in [-0.15, -0.1) is 0 Å². The van der Waals surface area contributed by atoms with Crippen LogP contribution in [0.2, 0.25) is 0 Å². The zero-order chi connectivity index (χ0) is 66.3. The monoisotopic (exact) mass is 1260 g/mol. The molecule has 0 bridgehead atoms. The topological polar surface area (TPSA) is 494 Å². The normalized spacial score (nSPS) is 15.5. The van der Waals surface area contributed by atoms with Gasteiger partial charge in [0.2, 0.25) is 53.2 Å². The minimum absolute atomic E-state index is 0.00116. The highest BCUT2D eigenvalue weighted by Gasteiger charge is 2.39. The number of rotatable bonds is 39. The Morgan fingerprint density at radius 1 is 0.556 bits per heavy atom. The standard InChI is InChI=1S/C61H91N15O14/c1-36(2)30-45(54(83)70-43(15-7-9-27-63)53(82)71-44(16-10-28-67-61(65)66)59(88)76-29-11-17-50(76)60(89)90)72-58(87)49(35-77)75-57(86)48(33-39-20-24-41(79)25-21-39)74-56(85)47(32-38-18-22-40(78)23-19-38)73-55(84)46(31-37-12-4-3-5-13-37)69-51(80)34-68-52(81)42(64)14-6-8-26-62/h3-5,12-13,18-25,36,42-50,77-79H,6-11,14-17,26-35,62-64H2,1-2H3,(H,68,81)(H,69,80)(H,70,83)(H,71,82)(H,72,87)(H,73,84)(H,74,85)(H,75,86)(H,89,90)(H4,65,66,67)/t42-,43-,44-,45-,46-,47-,48-,49-,50-/m0/s1. The van der Waals surface area contributed by atoms with Crippen LogP contribution in [0.25, 0.3) is 0 Å². The number of phenols is 2. The maximum atomic E-state index is 14.7. The highest BCUT2D eigenvalue weighted by molar-refractivity contribution is 5.98. The smallest absolute Gasteiger partial charge is 0.326 e. The lowest BCUT2D eigenvalue weighted by Crippen LogP contribution is -2.61. The number of amides is 9. The molecule has 0 unspecified atom stereocenters. The van der Waals surface area contributed by atoms with E-state index in [1.807, 2.05) is 0 Å². The first-order chi connectivity index (χ1) is 42.9. The second kappa shape index (κ2) is 38.5. The SMILES string of the molecule is CC(C)C[C@H](NC(=O)[C@H](CO)NC(=O)[C@H](Cc1ccc(O)cc1)NC(=O)[C@H](Cc1ccc(O)cc1)NC(=O)[C@H](Cc1ccccc1)NC(=O)CNC(=O)[C@@H](N)CCCCN)C(=O)N[C@@H](CCCCN)C(=O)N[C@@H](CCCN=C(N)N)C(=O)N1CCC[C@H]1C(=O)O. The summed E-state index contributed by atoms with van der Waals surface area (Å²) >= 11 is 0. The van der Waals surface area contributed by atoms with E-state index in [-0.39, 0.29) is 94.4 Å². The van der Waals surface area contributed by atoms with Crippen LogP contribution < -0.4 is 71.2 Å². The molecule has 4 rings (SSSR count). The van der Waals surface area contributed by atoms with Crippen LogP contribution in [0.5, 0.6) is 11.5 Å². The number of carboxylic acid groups (broad SMARTS) is 1. The Balaban J connectivity index is 1.61. The molecule has 1 heterocycles. The van der Waals surface area contributed by atoms with Crippen LogP contribution in [0.15, 0.2) is 83.9 Å². The number of aliphatic hydroxyl groups excluding tert-OH is 1. The third-order valence-electron chi connectivity index (χ3n) is 14.8. The lowest BCUT2D eigenvalue weighted by molar-refractivity contribution is -0.149. The van der Waals surface area contributed by atoms with Gasteiger partial charge in [0, 0.05) is 32.4 Å². The summed E-state index contributed by atoms with van der Waals surface area (Å²) < 4.78 is 0. The molecule has 9 atom stereocenters. The van der Waals surface area contributed by atoms with Crippen molar-refractivity contribution in [1.29, 1.82) is 0 Å². The van der Waals surface area contributed by atoms with Gasteiger partial charge in [0.25, 0.3) is 0 Å². The predicted octanol–water partition coefficient (Wildman–Crippen LogP) is -2.61. The maximum Gasteiger partial charge on any atom is 0.326 e. The number of phenolic OH excluding ortho intramolecular Hbond substituents is 2. The van der Waals surface area contributed by atoms with Crippen LogP contribution in [-0.2, 0) is 67.2 Å². The molecule has 22 N–H and O–H groups in total. The van der Waals surface area contributed by atoms with Crippen LogP contribution in [0.4, 0.5) is 0 Å². The number of unbranched alkanes of at least 4 members (excludes halogenated alkanes) is 2. The first-order valence-corrected chi connectivity index (χ1v) is 30.3. The van der Waals surface area contributed by atoms with Crippen LogP contribution in [0.3, 0.4) is 0 Å². The number of hydrogen-bond donors (Lipinski definition) is 17. The van der Waals surface area contributed by atoms with E-state index in [1.54, 1.807) is 44.2 Å². The Morgan fingerprint density at radius 3 is 1.51 bits per heavy atom. The van der Waals surface area contributed by atoms with Gasteiger partial charge in [0.1, 0.15) is 59.8 Å². The van der Waals surface area contributed by atoms with Crippen molar-refractivity contribution in [3.8, 4) is 11.5 Å². The number of carbonyl (C=O) groups excluding carboxylic acids is 9. The number of nitrogens with one attached hydrogen (secondary N) is 8. The van der Waals surface area contributed by atoms with Crippen molar-refractivity contribution >= 4 is 65.1 Å². The van der Waals surface area contributed by atoms with Crippen molar-refractivity contribution in [3.63, 3.8) is 0 Å². The molecule has 90 heavy (non-hydrogen) atoms. The summed E-state index contributed by atoms with van der Waals surface area (Å²) in [5.74, 6) is -9.41. The number of aliphatic carboxylic acids is 1. The molecule has 1 fully saturated rings. The molecule has 0 aromatic heterocycles. The Labute approximate surface area is 523 Å². The molecule has 0 aliphatic carbocycles. The third-order valence-corrected chi connectivity index (χ3v) is 14.8. The van der Waals surface area contributed by atoms with Gasteiger partial charge in [-0.1, -0.05) is 74.9 Å². The number of nitrogens with zero attached hydrogens (tertiary/aromatic N) is 2. The van der Waals surface area contributed by atoms with E-state index in [0.717, 1.165) is 0 Å². The molecular formula is C61H91N15O14. The third kappa shape index (κ3) is 25.7. The molecule has 1 saturated heterocycles. The summed E-state index contributed by atoms with van der Waals surface area (Å²) in [6.45, 7) is 2.80. The average Bonchev–Trinajstić information content (AvgIpc) is 2.37. The van der Waals surface area contributed by atoms with E-state index in [4.69, 9.17) is 28.7 Å². The van der Waals surface area contributed by atoms with E-state index in [2.05, 4.69) is 47.5 Å². The van der Waals surface area contributed by atoms with Gasteiger partial charge in [-0.05, 0) is 124 Å². The van der Waals surface area contributed by atoms with Gasteiger partial charge in [-0.3, -0.25) is 48.1 Å². The second-order valence-corrected chi connectivity index (χ2v) is 22.6. The molecule has 3 aromatic carbocycles. The van der Waals surface area contributed by atoms with Gasteiger partial charge in [-0.25, -0.2) is 4.79 Å². The quantitative estimate of drug-likeness (QED) is 0.0158. The predicted molar refractivity (Wildman–Crippen MR) is 333 cm³/mol. The Kier molecular flexibility index (Phi) is 31.4. The van der Waals surface area contributed by atoms with Crippen molar-refractivity contribution in [3.05, 3.63) is 95.6 Å². The number of aliphatic imine (C=N–C) groups is 1. The number of guanidine groups is 1. The molecular weight excluding hydrogens is 1170 g/mol. The van der Waals surface area contributed by atoms with Crippen molar-refractivity contribution in [2.75, 3.05) is 39.3 Å². The number of carboxylic acids is 1. The summed E-state index contributed by atoms with van der Waals surface area (Å²) in [5, 5.41) is 61.7. The molecule has 29 nitrogen and oxygen atoms in total. The average molecular weight is 1260 g/mol.